The molecule has 2 N–H and O–H groups in total. The summed E-state index contributed by atoms with van der Waals surface area (Å²) in [7, 11) is 0. The third-order valence-electron chi connectivity index (χ3n) is 5.55. The lowest BCUT2D eigenvalue weighted by molar-refractivity contribution is -0.150. The molecule has 0 saturated heterocycles. The molecule has 2 saturated carbocycles. The van der Waals surface area contributed by atoms with Gasteiger partial charge in [0.15, 0.2) is 5.78 Å². The molecule has 0 radical (unpaired) electrons. The highest BCUT2D eigenvalue weighted by Crippen LogP contribution is 2.66. The maximum absolute atomic E-state index is 11.8. The number of rotatable bonds is 0. The molecule has 0 spiro atoms. The van der Waals surface area contributed by atoms with E-state index in [0.717, 1.165) is 12.0 Å². The maximum atomic E-state index is 11.8. The minimum atomic E-state index is -1.05. The lowest BCUT2D eigenvalue weighted by atomic mass is 9.49. The van der Waals surface area contributed by atoms with Crippen molar-refractivity contribution in [1.29, 1.82) is 0 Å². The summed E-state index contributed by atoms with van der Waals surface area (Å²) in [5.74, 6) is 0.159. The molecule has 3 aliphatic rings. The normalized spacial score (nSPS) is 49.8. The van der Waals surface area contributed by atoms with Crippen LogP contribution in [0.3, 0.4) is 0 Å². The van der Waals surface area contributed by atoms with Gasteiger partial charge < -0.3 is 10.2 Å². The van der Waals surface area contributed by atoms with Crippen molar-refractivity contribution in [2.45, 2.75) is 58.7 Å². The van der Waals surface area contributed by atoms with Gasteiger partial charge in [0.1, 0.15) is 6.10 Å². The van der Waals surface area contributed by atoms with Crippen LogP contribution < -0.4 is 0 Å². The molecule has 3 heteroatoms. The highest BCUT2D eigenvalue weighted by atomic mass is 16.3. The van der Waals surface area contributed by atoms with Gasteiger partial charge in [-0.25, -0.2) is 0 Å². The number of Topliss-reactive ketones (excluding diaryl/α,β-unsaturated/α-hetero) is 1. The van der Waals surface area contributed by atoms with Gasteiger partial charge in [0.05, 0.1) is 5.60 Å². The molecule has 3 rings (SSSR count). The SMILES string of the molecule is CC1=C2C(=O)CC2(C)C2CC(C)(C)CC2(O)C1O. The fourth-order valence-corrected chi connectivity index (χ4v) is 4.96. The van der Waals surface area contributed by atoms with Crippen LogP contribution in [0, 0.1) is 16.7 Å². The van der Waals surface area contributed by atoms with Crippen LogP contribution in [0.15, 0.2) is 11.1 Å². The highest BCUT2D eigenvalue weighted by molar-refractivity contribution is 6.05. The Hall–Kier alpha value is -0.670. The Bertz CT molecular complexity index is 476. The Kier molecular flexibility index (Phi) is 2.11. The fourth-order valence-electron chi connectivity index (χ4n) is 4.96. The van der Waals surface area contributed by atoms with Crippen LogP contribution in [0.1, 0.15) is 47.0 Å². The zero-order chi connectivity index (χ0) is 13.5. The van der Waals surface area contributed by atoms with E-state index in [1.807, 2.05) is 0 Å². The average molecular weight is 250 g/mol. The van der Waals surface area contributed by atoms with E-state index in [1.54, 1.807) is 6.92 Å². The van der Waals surface area contributed by atoms with Crippen molar-refractivity contribution < 1.29 is 15.0 Å². The van der Waals surface area contributed by atoms with Gasteiger partial charge in [-0.2, -0.15) is 0 Å². The molecule has 0 aromatic heterocycles. The first-order valence-corrected chi connectivity index (χ1v) is 6.77. The molecule has 0 amide bonds. The van der Waals surface area contributed by atoms with Gasteiger partial charge in [0.25, 0.3) is 0 Å². The van der Waals surface area contributed by atoms with Gasteiger partial charge in [0, 0.05) is 23.3 Å². The Labute approximate surface area is 108 Å². The van der Waals surface area contributed by atoms with Gasteiger partial charge in [0.2, 0.25) is 0 Å². The molecule has 0 bridgehead atoms. The summed E-state index contributed by atoms with van der Waals surface area (Å²) < 4.78 is 0. The van der Waals surface area contributed by atoms with Gasteiger partial charge >= 0.3 is 0 Å². The molecule has 0 heterocycles. The maximum Gasteiger partial charge on any atom is 0.160 e. The summed E-state index contributed by atoms with van der Waals surface area (Å²) in [6.45, 7) is 8.15. The molecule has 2 fully saturated rings. The van der Waals surface area contributed by atoms with E-state index in [-0.39, 0.29) is 22.5 Å². The van der Waals surface area contributed by atoms with Crippen LogP contribution in [0.2, 0.25) is 0 Å². The van der Waals surface area contributed by atoms with Gasteiger partial charge in [-0.15, -0.1) is 0 Å². The van der Waals surface area contributed by atoms with Crippen molar-refractivity contribution in [3.8, 4) is 0 Å². The molecule has 18 heavy (non-hydrogen) atoms. The first-order chi connectivity index (χ1) is 8.12. The molecular formula is C15H22O3. The van der Waals surface area contributed by atoms with Gasteiger partial charge in [-0.3, -0.25) is 4.79 Å². The number of allylic oxidation sites excluding steroid dienone is 1. The molecule has 0 aliphatic heterocycles. The van der Waals surface area contributed by atoms with E-state index < -0.39 is 11.7 Å². The molecule has 3 aliphatic carbocycles. The first-order valence-electron chi connectivity index (χ1n) is 6.77. The Morgan fingerprint density at radius 3 is 2.44 bits per heavy atom. The minimum absolute atomic E-state index is 0.00593. The molecule has 4 unspecified atom stereocenters. The standard InChI is InChI=1S/C15H22O3/c1-8-11-9(16)5-14(11,4)10-6-13(2,3)7-15(10,18)12(8)17/h10,12,17-18H,5-7H2,1-4H3. The van der Waals surface area contributed by atoms with Crippen LogP contribution >= 0.6 is 0 Å². The summed E-state index contributed by atoms with van der Waals surface area (Å²) in [5.41, 5.74) is 0.250. The van der Waals surface area contributed by atoms with Crippen LogP contribution in [-0.2, 0) is 4.79 Å². The van der Waals surface area contributed by atoms with Crippen molar-refractivity contribution in [2.75, 3.05) is 0 Å². The second-order valence-corrected chi connectivity index (χ2v) is 7.57. The predicted octanol–water partition coefficient (Wildman–Crippen LogP) is 1.82. The van der Waals surface area contributed by atoms with E-state index in [0.29, 0.717) is 18.4 Å². The summed E-state index contributed by atoms with van der Waals surface area (Å²) in [6.07, 6.45) is 1.13. The van der Waals surface area contributed by atoms with Crippen molar-refractivity contribution in [1.82, 2.24) is 0 Å². The van der Waals surface area contributed by atoms with Crippen LogP contribution in [0.25, 0.3) is 0 Å². The quantitative estimate of drug-likeness (QED) is 0.689. The van der Waals surface area contributed by atoms with Crippen LogP contribution in [0.5, 0.6) is 0 Å². The van der Waals surface area contributed by atoms with Gasteiger partial charge in [-0.1, -0.05) is 20.8 Å². The molecule has 0 aromatic carbocycles. The Balaban J connectivity index is 2.16. The van der Waals surface area contributed by atoms with E-state index in [4.69, 9.17) is 0 Å². The molecule has 4 atom stereocenters. The summed E-state index contributed by atoms with van der Waals surface area (Å²) in [4.78, 5) is 11.8. The summed E-state index contributed by atoms with van der Waals surface area (Å²) >= 11 is 0. The van der Waals surface area contributed by atoms with Crippen molar-refractivity contribution in [2.24, 2.45) is 16.7 Å². The smallest absolute Gasteiger partial charge is 0.160 e. The van der Waals surface area contributed by atoms with Crippen molar-refractivity contribution in [3.05, 3.63) is 11.1 Å². The highest BCUT2D eigenvalue weighted by Gasteiger charge is 2.67. The third-order valence-corrected chi connectivity index (χ3v) is 5.55. The second kappa shape index (κ2) is 3.07. The monoisotopic (exact) mass is 250 g/mol. The van der Waals surface area contributed by atoms with Crippen LogP contribution in [-0.4, -0.2) is 27.7 Å². The average Bonchev–Trinajstić information content (AvgIpc) is 2.47. The van der Waals surface area contributed by atoms with Crippen molar-refractivity contribution in [3.63, 3.8) is 0 Å². The first kappa shape index (κ1) is 12.4. The number of aliphatic hydroxyl groups is 2. The largest absolute Gasteiger partial charge is 0.386 e. The summed E-state index contributed by atoms with van der Waals surface area (Å²) in [6, 6.07) is 0. The second-order valence-electron chi connectivity index (χ2n) is 7.57. The zero-order valence-corrected chi connectivity index (χ0v) is 11.6. The number of hydrogen-bond donors (Lipinski definition) is 2. The molecule has 0 aromatic rings. The third kappa shape index (κ3) is 1.19. The van der Waals surface area contributed by atoms with E-state index in [9.17, 15) is 15.0 Å². The molecule has 3 nitrogen and oxygen atoms in total. The van der Waals surface area contributed by atoms with Gasteiger partial charge in [-0.05, 0) is 30.8 Å². The number of aliphatic hydroxyl groups excluding tert-OH is 1. The number of carbonyl (C=O) groups excluding carboxylic acids is 1. The van der Waals surface area contributed by atoms with Crippen molar-refractivity contribution >= 4 is 5.78 Å². The summed E-state index contributed by atoms with van der Waals surface area (Å²) in [5, 5.41) is 21.4. The predicted molar refractivity (Wildman–Crippen MR) is 67.9 cm³/mol. The van der Waals surface area contributed by atoms with E-state index >= 15 is 0 Å². The lowest BCUT2D eigenvalue weighted by Crippen LogP contribution is -2.61. The fraction of sp³-hybridized carbons (Fsp3) is 0.800. The Morgan fingerprint density at radius 2 is 1.89 bits per heavy atom. The molecular weight excluding hydrogens is 228 g/mol. The number of carbonyl (C=O) groups is 1. The zero-order valence-electron chi connectivity index (χ0n) is 11.6. The number of fused-ring (bicyclic) bond motifs is 3. The number of ketones is 1. The van der Waals surface area contributed by atoms with E-state index in [1.165, 1.54) is 0 Å². The number of hydrogen-bond acceptors (Lipinski definition) is 3. The minimum Gasteiger partial charge on any atom is -0.386 e. The van der Waals surface area contributed by atoms with Crippen LogP contribution in [0.4, 0.5) is 0 Å². The van der Waals surface area contributed by atoms with E-state index in [2.05, 4.69) is 20.8 Å². The molecule has 100 valence electrons. The Morgan fingerprint density at radius 1 is 1.28 bits per heavy atom. The lowest BCUT2D eigenvalue weighted by Gasteiger charge is -2.56. The topological polar surface area (TPSA) is 57.5 Å².